The van der Waals surface area contributed by atoms with Crippen molar-refractivity contribution in [3.05, 3.63) is 39.9 Å². The van der Waals surface area contributed by atoms with Gasteiger partial charge in [0.2, 0.25) is 5.91 Å². The molecule has 0 saturated carbocycles. The lowest BCUT2D eigenvalue weighted by Crippen LogP contribution is -2.41. The number of anilines is 1. The summed E-state index contributed by atoms with van der Waals surface area (Å²) >= 11 is 6.02. The Bertz CT molecular complexity index is 873. The number of piperidine rings is 1. The minimum absolute atomic E-state index is 0.0465. The van der Waals surface area contributed by atoms with E-state index in [0.717, 1.165) is 23.5 Å². The third kappa shape index (κ3) is 4.66. The van der Waals surface area contributed by atoms with Gasteiger partial charge in [-0.2, -0.15) is 13.2 Å². The molecule has 2 aromatic rings. The molecule has 158 valence electrons. The van der Waals surface area contributed by atoms with E-state index in [1.165, 1.54) is 0 Å². The van der Waals surface area contributed by atoms with Crippen LogP contribution in [0.15, 0.2) is 16.8 Å². The fourth-order valence-electron chi connectivity index (χ4n) is 3.68. The molecule has 0 aliphatic carbocycles. The summed E-state index contributed by atoms with van der Waals surface area (Å²) in [6.07, 6.45) is -2.60. The van der Waals surface area contributed by atoms with Gasteiger partial charge in [0.25, 0.3) is 0 Å². The first-order valence-electron chi connectivity index (χ1n) is 9.28. The molecular weight excluding hydrogens is 409 g/mol. The number of amides is 1. The van der Waals surface area contributed by atoms with Crippen molar-refractivity contribution in [3.8, 4) is 0 Å². The molecule has 3 rings (SSSR count). The number of nitrogens with one attached hydrogen (secondary N) is 1. The first-order valence-corrected chi connectivity index (χ1v) is 9.66. The summed E-state index contributed by atoms with van der Waals surface area (Å²) in [5.41, 5.74) is 0.735. The number of pyridine rings is 1. The second-order valence-corrected chi connectivity index (χ2v) is 7.66. The fraction of sp³-hybridized carbons (Fsp3) is 0.526. The highest BCUT2D eigenvalue weighted by Gasteiger charge is 2.33. The van der Waals surface area contributed by atoms with Gasteiger partial charge in [0.1, 0.15) is 11.6 Å². The van der Waals surface area contributed by atoms with Crippen molar-refractivity contribution in [3.63, 3.8) is 0 Å². The monoisotopic (exact) mass is 430 g/mol. The van der Waals surface area contributed by atoms with Gasteiger partial charge in [-0.05, 0) is 39.7 Å². The quantitative estimate of drug-likeness (QED) is 0.775. The number of halogens is 4. The molecule has 1 amide bonds. The molecule has 1 atom stereocenters. The molecule has 0 unspecified atom stereocenters. The molecule has 1 fully saturated rings. The molecule has 2 aromatic heterocycles. The van der Waals surface area contributed by atoms with E-state index in [4.69, 9.17) is 16.1 Å². The molecule has 1 aliphatic heterocycles. The van der Waals surface area contributed by atoms with Gasteiger partial charge in [-0.3, -0.25) is 4.79 Å². The maximum atomic E-state index is 12.8. The largest absolute Gasteiger partial charge is 0.417 e. The Labute approximate surface area is 171 Å². The van der Waals surface area contributed by atoms with Crippen LogP contribution in [0.25, 0.3) is 0 Å². The van der Waals surface area contributed by atoms with Crippen molar-refractivity contribution in [2.75, 3.05) is 18.0 Å². The Kier molecular flexibility index (Phi) is 6.07. The van der Waals surface area contributed by atoms with E-state index in [1.807, 2.05) is 18.7 Å². The van der Waals surface area contributed by atoms with Gasteiger partial charge in [0.05, 0.1) is 22.3 Å². The minimum atomic E-state index is -4.49. The number of hydrogen-bond acceptors (Lipinski definition) is 5. The number of carbonyl (C=O) groups excluding carboxylic acids is 1. The average molecular weight is 431 g/mol. The van der Waals surface area contributed by atoms with Crippen LogP contribution in [0.1, 0.15) is 48.4 Å². The summed E-state index contributed by atoms with van der Waals surface area (Å²) in [5.74, 6) is 0.724. The van der Waals surface area contributed by atoms with E-state index < -0.39 is 11.7 Å². The van der Waals surface area contributed by atoms with Crippen molar-refractivity contribution in [1.29, 1.82) is 0 Å². The highest BCUT2D eigenvalue weighted by molar-refractivity contribution is 6.33. The fourth-order valence-corrected chi connectivity index (χ4v) is 3.97. The number of carbonyl (C=O) groups is 1. The summed E-state index contributed by atoms with van der Waals surface area (Å²) in [4.78, 5) is 18.3. The second-order valence-electron chi connectivity index (χ2n) is 7.26. The molecular formula is C19H22ClF3N4O2. The van der Waals surface area contributed by atoms with Gasteiger partial charge < -0.3 is 14.7 Å². The molecule has 1 saturated heterocycles. The van der Waals surface area contributed by atoms with Crippen molar-refractivity contribution in [2.45, 2.75) is 45.8 Å². The number of nitrogens with zero attached hydrogens (tertiary/aromatic N) is 3. The first-order chi connectivity index (χ1) is 13.6. The Hall–Kier alpha value is -2.29. The SMILES string of the molecule is Cc1noc(C)c1[C@@H](C)NC(=O)C1CCN(c2ncc(C(F)(F)F)cc2Cl)CC1. The van der Waals surface area contributed by atoms with E-state index in [-0.39, 0.29) is 22.9 Å². The molecule has 0 aromatic carbocycles. The number of rotatable bonds is 4. The molecule has 1 aliphatic rings. The van der Waals surface area contributed by atoms with Crippen LogP contribution in [-0.2, 0) is 11.0 Å². The summed E-state index contributed by atoms with van der Waals surface area (Å²) in [6, 6.07) is 0.659. The van der Waals surface area contributed by atoms with Gasteiger partial charge in [0.15, 0.2) is 0 Å². The Morgan fingerprint density at radius 1 is 1.34 bits per heavy atom. The predicted octanol–water partition coefficient (Wildman–Crippen LogP) is 4.45. The molecule has 10 heteroatoms. The maximum Gasteiger partial charge on any atom is 0.417 e. The van der Waals surface area contributed by atoms with Crippen LogP contribution >= 0.6 is 11.6 Å². The van der Waals surface area contributed by atoms with Crippen LogP contribution in [0.5, 0.6) is 0 Å². The maximum absolute atomic E-state index is 12.8. The average Bonchev–Trinajstić information content (AvgIpc) is 2.99. The van der Waals surface area contributed by atoms with E-state index in [9.17, 15) is 18.0 Å². The highest BCUT2D eigenvalue weighted by atomic mass is 35.5. The van der Waals surface area contributed by atoms with Crippen molar-refractivity contribution in [2.24, 2.45) is 5.92 Å². The normalized spacial score (nSPS) is 16.7. The molecule has 0 bridgehead atoms. The summed E-state index contributed by atoms with van der Waals surface area (Å²) in [7, 11) is 0. The standard InChI is InChI=1S/C19H22ClF3N4O2/c1-10(16-11(2)26-29-12(16)3)25-18(28)13-4-6-27(7-5-13)17-15(20)8-14(9-24-17)19(21,22)23/h8-10,13H,4-7H2,1-3H3,(H,25,28)/t10-/m1/s1. The first kappa shape index (κ1) is 21.4. The second kappa shape index (κ2) is 8.22. The van der Waals surface area contributed by atoms with Crippen molar-refractivity contribution < 1.29 is 22.5 Å². The summed E-state index contributed by atoms with van der Waals surface area (Å²) < 4.78 is 43.5. The topological polar surface area (TPSA) is 71.3 Å². The Morgan fingerprint density at radius 3 is 2.52 bits per heavy atom. The predicted molar refractivity (Wildman–Crippen MR) is 102 cm³/mol. The van der Waals surface area contributed by atoms with Gasteiger partial charge >= 0.3 is 6.18 Å². The van der Waals surface area contributed by atoms with E-state index in [2.05, 4.69) is 15.5 Å². The van der Waals surface area contributed by atoms with E-state index in [1.54, 1.807) is 6.92 Å². The smallest absolute Gasteiger partial charge is 0.361 e. The summed E-state index contributed by atoms with van der Waals surface area (Å²) in [6.45, 7) is 6.47. The Morgan fingerprint density at radius 2 is 2.00 bits per heavy atom. The van der Waals surface area contributed by atoms with E-state index in [0.29, 0.717) is 37.5 Å². The molecule has 6 nitrogen and oxygen atoms in total. The number of aromatic nitrogens is 2. The highest BCUT2D eigenvalue weighted by Crippen LogP contribution is 2.34. The lowest BCUT2D eigenvalue weighted by atomic mass is 9.95. The number of aryl methyl sites for hydroxylation is 2. The zero-order valence-corrected chi connectivity index (χ0v) is 17.1. The molecule has 1 N–H and O–H groups in total. The molecule has 0 spiro atoms. The molecule has 0 radical (unpaired) electrons. The van der Waals surface area contributed by atoms with Crippen LogP contribution in [-0.4, -0.2) is 29.1 Å². The van der Waals surface area contributed by atoms with Crippen LogP contribution in [0.3, 0.4) is 0 Å². The summed E-state index contributed by atoms with van der Waals surface area (Å²) in [5, 5.41) is 6.86. The van der Waals surface area contributed by atoms with Crippen molar-refractivity contribution in [1.82, 2.24) is 15.5 Å². The molecule has 29 heavy (non-hydrogen) atoms. The zero-order valence-electron chi connectivity index (χ0n) is 16.3. The van der Waals surface area contributed by atoms with Crippen molar-refractivity contribution >= 4 is 23.3 Å². The van der Waals surface area contributed by atoms with Gasteiger partial charge in [0, 0.05) is 30.8 Å². The molecule has 3 heterocycles. The van der Waals surface area contributed by atoms with Gasteiger partial charge in [-0.15, -0.1) is 0 Å². The van der Waals surface area contributed by atoms with Crippen LogP contribution in [0.4, 0.5) is 19.0 Å². The van der Waals surface area contributed by atoms with Crippen LogP contribution in [0, 0.1) is 19.8 Å². The Balaban J connectivity index is 1.60. The zero-order chi connectivity index (χ0) is 21.3. The van der Waals surface area contributed by atoms with E-state index >= 15 is 0 Å². The number of hydrogen-bond donors (Lipinski definition) is 1. The minimum Gasteiger partial charge on any atom is -0.361 e. The van der Waals surface area contributed by atoms with Crippen LogP contribution in [0.2, 0.25) is 5.02 Å². The lowest BCUT2D eigenvalue weighted by molar-refractivity contribution is -0.137. The van der Waals surface area contributed by atoms with Crippen LogP contribution < -0.4 is 10.2 Å². The lowest BCUT2D eigenvalue weighted by Gasteiger charge is -2.33. The van der Waals surface area contributed by atoms with Gasteiger partial charge in [-0.25, -0.2) is 4.98 Å². The number of alkyl halides is 3. The van der Waals surface area contributed by atoms with Gasteiger partial charge in [-0.1, -0.05) is 16.8 Å². The third-order valence-electron chi connectivity index (χ3n) is 5.19. The third-order valence-corrected chi connectivity index (χ3v) is 5.47.